The quantitative estimate of drug-likeness (QED) is 0.560. The molecule has 8 heteroatoms. The monoisotopic (exact) mass is 447 g/mol. The number of nitrogens with zero attached hydrogens (tertiary/aromatic N) is 2. The van der Waals surface area contributed by atoms with E-state index in [4.69, 9.17) is 9.26 Å². The second-order valence-corrected chi connectivity index (χ2v) is 7.54. The predicted octanol–water partition coefficient (Wildman–Crippen LogP) is 4.06. The molecule has 1 heterocycles. The molecule has 1 N–H and O–H groups in total. The Morgan fingerprint density at radius 2 is 2.07 bits per heavy atom. The Morgan fingerprint density at radius 3 is 2.81 bits per heavy atom. The lowest BCUT2D eigenvalue weighted by molar-refractivity contribution is -0.118. The molecule has 0 atom stereocenters. The highest BCUT2D eigenvalue weighted by Crippen LogP contribution is 2.20. The highest BCUT2D eigenvalue weighted by atomic mass is 79.9. The number of carbonyl (C=O) groups is 1. The third-order valence-electron chi connectivity index (χ3n) is 3.65. The van der Waals surface area contributed by atoms with E-state index in [1.807, 2.05) is 48.5 Å². The predicted molar refractivity (Wildman–Crippen MR) is 108 cm³/mol. The number of carbonyl (C=O) groups excluding carboxylic acids is 1. The summed E-state index contributed by atoms with van der Waals surface area (Å²) >= 11 is 4.95. The fraction of sp³-hybridized carbons (Fsp3) is 0.211. The summed E-state index contributed by atoms with van der Waals surface area (Å²) in [6, 6.07) is 15.4. The second-order valence-electron chi connectivity index (χ2n) is 5.64. The van der Waals surface area contributed by atoms with E-state index in [2.05, 4.69) is 31.4 Å². The lowest BCUT2D eigenvalue weighted by Crippen LogP contribution is -2.24. The summed E-state index contributed by atoms with van der Waals surface area (Å²) in [6.45, 7) is 0.211. The van der Waals surface area contributed by atoms with Crippen LogP contribution in [0.3, 0.4) is 0 Å². The van der Waals surface area contributed by atoms with Crippen molar-refractivity contribution in [3.8, 4) is 17.1 Å². The minimum Gasteiger partial charge on any atom is -0.497 e. The van der Waals surface area contributed by atoms with Gasteiger partial charge < -0.3 is 14.6 Å². The molecule has 140 valence electrons. The third kappa shape index (κ3) is 5.83. The van der Waals surface area contributed by atoms with Crippen LogP contribution in [-0.4, -0.2) is 28.9 Å². The molecule has 0 radical (unpaired) electrons. The number of methoxy groups -OCH3 is 1. The minimum atomic E-state index is -0.0734. The van der Waals surface area contributed by atoms with Crippen molar-refractivity contribution in [2.45, 2.75) is 12.3 Å². The molecule has 27 heavy (non-hydrogen) atoms. The molecular weight excluding hydrogens is 430 g/mol. The van der Waals surface area contributed by atoms with Crippen LogP contribution in [0.4, 0.5) is 0 Å². The van der Waals surface area contributed by atoms with Gasteiger partial charge in [0.1, 0.15) is 5.75 Å². The minimum absolute atomic E-state index is 0.0734. The van der Waals surface area contributed by atoms with Crippen molar-refractivity contribution in [3.05, 3.63) is 64.5 Å². The maximum atomic E-state index is 12.0. The van der Waals surface area contributed by atoms with Gasteiger partial charge in [-0.05, 0) is 29.8 Å². The van der Waals surface area contributed by atoms with Crippen molar-refractivity contribution in [2.24, 2.45) is 0 Å². The summed E-state index contributed by atoms with van der Waals surface area (Å²) < 4.78 is 11.3. The van der Waals surface area contributed by atoms with E-state index < -0.39 is 0 Å². The van der Waals surface area contributed by atoms with Gasteiger partial charge in [-0.2, -0.15) is 4.98 Å². The molecule has 3 aromatic rings. The molecule has 0 aliphatic rings. The van der Waals surface area contributed by atoms with Crippen molar-refractivity contribution >= 4 is 33.6 Å². The summed E-state index contributed by atoms with van der Waals surface area (Å²) in [5.74, 6) is 2.73. The van der Waals surface area contributed by atoms with Crippen molar-refractivity contribution in [1.29, 1.82) is 0 Å². The fourth-order valence-electron chi connectivity index (χ4n) is 2.28. The first-order valence-electron chi connectivity index (χ1n) is 8.20. The van der Waals surface area contributed by atoms with Gasteiger partial charge in [-0.15, -0.1) is 11.8 Å². The van der Waals surface area contributed by atoms with Gasteiger partial charge in [0.2, 0.25) is 17.6 Å². The van der Waals surface area contributed by atoms with Crippen LogP contribution in [0.25, 0.3) is 11.4 Å². The van der Waals surface area contributed by atoms with Crippen LogP contribution in [0.5, 0.6) is 5.75 Å². The summed E-state index contributed by atoms with van der Waals surface area (Å²) in [6.07, 6.45) is 0. The molecule has 0 aliphatic carbocycles. The molecule has 0 spiro atoms. The van der Waals surface area contributed by atoms with Gasteiger partial charge in [-0.25, -0.2) is 0 Å². The van der Waals surface area contributed by atoms with Gasteiger partial charge >= 0.3 is 0 Å². The maximum Gasteiger partial charge on any atom is 0.246 e. The van der Waals surface area contributed by atoms with E-state index in [1.54, 1.807) is 18.9 Å². The van der Waals surface area contributed by atoms with E-state index in [1.165, 1.54) is 0 Å². The lowest BCUT2D eigenvalue weighted by atomic mass is 10.2. The SMILES string of the molecule is COc1ccc(CSCC(=O)NCc2nc(-c3cccc(Br)c3)no2)cc1. The molecule has 0 fully saturated rings. The Kier molecular flexibility index (Phi) is 6.89. The van der Waals surface area contributed by atoms with E-state index in [0.29, 0.717) is 17.5 Å². The zero-order valence-corrected chi connectivity index (χ0v) is 17.0. The normalized spacial score (nSPS) is 10.6. The van der Waals surface area contributed by atoms with Gasteiger partial charge in [0.05, 0.1) is 19.4 Å². The van der Waals surface area contributed by atoms with E-state index in [-0.39, 0.29) is 12.5 Å². The summed E-state index contributed by atoms with van der Waals surface area (Å²) in [7, 11) is 1.64. The van der Waals surface area contributed by atoms with Gasteiger partial charge in [0.25, 0.3) is 0 Å². The topological polar surface area (TPSA) is 77.2 Å². The fourth-order valence-corrected chi connectivity index (χ4v) is 3.50. The first kappa shape index (κ1) is 19.4. The van der Waals surface area contributed by atoms with Crippen LogP contribution >= 0.6 is 27.7 Å². The van der Waals surface area contributed by atoms with Gasteiger partial charge in [0.15, 0.2) is 0 Å². The average Bonchev–Trinajstić information content (AvgIpc) is 3.16. The van der Waals surface area contributed by atoms with Crippen LogP contribution in [-0.2, 0) is 17.1 Å². The maximum absolute atomic E-state index is 12.0. The Morgan fingerprint density at radius 1 is 1.26 bits per heavy atom. The van der Waals surface area contributed by atoms with E-state index >= 15 is 0 Å². The molecule has 0 saturated carbocycles. The number of amides is 1. The van der Waals surface area contributed by atoms with E-state index in [9.17, 15) is 4.79 Å². The van der Waals surface area contributed by atoms with Gasteiger partial charge in [-0.1, -0.05) is 45.4 Å². The zero-order chi connectivity index (χ0) is 19.1. The highest BCUT2D eigenvalue weighted by molar-refractivity contribution is 9.10. The van der Waals surface area contributed by atoms with Crippen molar-refractivity contribution in [2.75, 3.05) is 12.9 Å². The third-order valence-corrected chi connectivity index (χ3v) is 5.15. The van der Waals surface area contributed by atoms with Crippen LogP contribution in [0, 0.1) is 0 Å². The molecular formula is C19H18BrN3O3S. The molecule has 2 aromatic carbocycles. The second kappa shape index (κ2) is 9.57. The first-order valence-corrected chi connectivity index (χ1v) is 10.1. The number of aromatic nitrogens is 2. The molecule has 1 amide bonds. The Hall–Kier alpha value is -2.32. The Balaban J connectivity index is 1.42. The summed E-state index contributed by atoms with van der Waals surface area (Å²) in [4.78, 5) is 16.3. The van der Waals surface area contributed by atoms with Crippen molar-refractivity contribution < 1.29 is 14.1 Å². The number of hydrogen-bond donors (Lipinski definition) is 1. The van der Waals surface area contributed by atoms with Crippen LogP contribution in [0.2, 0.25) is 0 Å². The zero-order valence-electron chi connectivity index (χ0n) is 14.6. The van der Waals surface area contributed by atoms with E-state index in [0.717, 1.165) is 27.1 Å². The molecule has 3 rings (SSSR count). The number of thioether (sulfide) groups is 1. The highest BCUT2D eigenvalue weighted by Gasteiger charge is 2.10. The number of halogens is 1. The number of nitrogens with one attached hydrogen (secondary N) is 1. The molecule has 0 unspecified atom stereocenters. The van der Waals surface area contributed by atoms with Gasteiger partial charge in [0, 0.05) is 15.8 Å². The number of rotatable bonds is 8. The molecule has 6 nitrogen and oxygen atoms in total. The number of ether oxygens (including phenoxy) is 1. The van der Waals surface area contributed by atoms with Crippen LogP contribution in [0.1, 0.15) is 11.5 Å². The molecule has 0 bridgehead atoms. The summed E-state index contributed by atoms with van der Waals surface area (Å²) in [5, 5.41) is 6.74. The molecule has 0 saturated heterocycles. The average molecular weight is 448 g/mol. The van der Waals surface area contributed by atoms with Crippen LogP contribution < -0.4 is 10.1 Å². The van der Waals surface area contributed by atoms with Crippen molar-refractivity contribution in [3.63, 3.8) is 0 Å². The lowest BCUT2D eigenvalue weighted by Gasteiger charge is -2.04. The first-order chi connectivity index (χ1) is 13.1. The Bertz CT molecular complexity index is 899. The number of benzene rings is 2. The Labute approximate surface area is 169 Å². The van der Waals surface area contributed by atoms with Crippen molar-refractivity contribution in [1.82, 2.24) is 15.5 Å². The molecule has 0 aliphatic heterocycles. The van der Waals surface area contributed by atoms with Gasteiger partial charge in [-0.3, -0.25) is 4.79 Å². The standard InChI is InChI=1S/C19H18BrN3O3S/c1-25-16-7-5-13(6-8-16)11-27-12-17(24)21-10-18-22-19(23-26-18)14-3-2-4-15(20)9-14/h2-9H,10-12H2,1H3,(H,21,24). The summed E-state index contributed by atoms with van der Waals surface area (Å²) in [5.41, 5.74) is 1.99. The largest absolute Gasteiger partial charge is 0.497 e. The van der Waals surface area contributed by atoms with Crippen LogP contribution in [0.15, 0.2) is 57.5 Å². The number of hydrogen-bond acceptors (Lipinski definition) is 6. The smallest absolute Gasteiger partial charge is 0.246 e. The molecule has 1 aromatic heterocycles.